The van der Waals surface area contributed by atoms with Crippen molar-refractivity contribution in [2.45, 2.75) is 18.6 Å². The van der Waals surface area contributed by atoms with Crippen LogP contribution in [0.3, 0.4) is 0 Å². The number of aromatic nitrogens is 2. The number of para-hydroxylation sites is 2. The van der Waals surface area contributed by atoms with E-state index in [1.165, 1.54) is 12.3 Å². The number of nitrogens with zero attached hydrogens (tertiary/aromatic N) is 2. The number of halogens is 3. The monoisotopic (exact) mass is 389 g/mol. The number of hydrogen-bond acceptors (Lipinski definition) is 4. The highest BCUT2D eigenvalue weighted by Gasteiger charge is 2.35. The largest absolute Gasteiger partial charge is 0.480 e. The third-order valence-electron chi connectivity index (χ3n) is 3.99. The molecule has 2 aromatic carbocycles. The minimum absolute atomic E-state index is 0.229. The van der Waals surface area contributed by atoms with Gasteiger partial charge in [0.25, 0.3) is 5.91 Å². The number of rotatable bonds is 5. The fourth-order valence-electron chi connectivity index (χ4n) is 2.67. The van der Waals surface area contributed by atoms with Crippen molar-refractivity contribution in [1.82, 2.24) is 15.3 Å². The van der Waals surface area contributed by atoms with Crippen molar-refractivity contribution in [3.63, 3.8) is 0 Å². The molecule has 0 saturated heterocycles. The number of hydrogen-bond donors (Lipinski definition) is 2. The van der Waals surface area contributed by atoms with E-state index < -0.39 is 35.2 Å². The predicted molar refractivity (Wildman–Crippen MR) is 93.6 cm³/mol. The molecule has 144 valence electrons. The molecule has 1 amide bonds. The van der Waals surface area contributed by atoms with E-state index >= 15 is 0 Å². The van der Waals surface area contributed by atoms with Crippen molar-refractivity contribution in [2.24, 2.45) is 0 Å². The SMILES string of the molecule is O=C(N[C@H](Cc1cnc2ccccc2n1)C(=O)O)c1ccccc1C(F)(F)F. The molecule has 9 heteroatoms. The molecule has 0 spiro atoms. The summed E-state index contributed by atoms with van der Waals surface area (Å²) in [6.07, 6.45) is -3.60. The smallest absolute Gasteiger partial charge is 0.417 e. The first-order chi connectivity index (χ1) is 13.3. The van der Waals surface area contributed by atoms with Gasteiger partial charge in [0.15, 0.2) is 0 Å². The summed E-state index contributed by atoms with van der Waals surface area (Å²) in [4.78, 5) is 32.3. The zero-order valence-electron chi connectivity index (χ0n) is 14.3. The van der Waals surface area contributed by atoms with Crippen LogP contribution in [0.25, 0.3) is 11.0 Å². The summed E-state index contributed by atoms with van der Waals surface area (Å²) < 4.78 is 39.3. The molecule has 0 fully saturated rings. The Kier molecular flexibility index (Phi) is 5.25. The molecule has 0 aliphatic heterocycles. The Hall–Kier alpha value is -3.49. The maximum atomic E-state index is 13.1. The lowest BCUT2D eigenvalue weighted by Crippen LogP contribution is -2.43. The third-order valence-corrected chi connectivity index (χ3v) is 3.99. The van der Waals surface area contributed by atoms with Gasteiger partial charge in [-0.15, -0.1) is 0 Å². The second-order valence-corrected chi connectivity index (χ2v) is 5.96. The Balaban J connectivity index is 1.83. The van der Waals surface area contributed by atoms with Crippen LogP contribution < -0.4 is 5.32 Å². The Labute approximate surface area is 157 Å². The van der Waals surface area contributed by atoms with E-state index in [2.05, 4.69) is 15.3 Å². The maximum Gasteiger partial charge on any atom is 0.417 e. The summed E-state index contributed by atoms with van der Waals surface area (Å²) in [5.74, 6) is -2.53. The van der Waals surface area contributed by atoms with Crippen LogP contribution in [-0.2, 0) is 17.4 Å². The van der Waals surface area contributed by atoms with Gasteiger partial charge in [0.1, 0.15) is 6.04 Å². The Bertz CT molecular complexity index is 1040. The van der Waals surface area contributed by atoms with E-state index in [4.69, 9.17) is 0 Å². The lowest BCUT2D eigenvalue weighted by molar-refractivity contribution is -0.139. The van der Waals surface area contributed by atoms with Gasteiger partial charge in [-0.05, 0) is 24.3 Å². The summed E-state index contributed by atoms with van der Waals surface area (Å²) in [6.45, 7) is 0. The number of carboxylic acid groups (broad SMARTS) is 1. The molecule has 0 aliphatic carbocycles. The average molecular weight is 389 g/mol. The van der Waals surface area contributed by atoms with Crippen LogP contribution in [0, 0.1) is 0 Å². The van der Waals surface area contributed by atoms with Crippen molar-refractivity contribution in [3.05, 3.63) is 71.5 Å². The lowest BCUT2D eigenvalue weighted by atomic mass is 10.1. The summed E-state index contributed by atoms with van der Waals surface area (Å²) in [5, 5.41) is 11.5. The highest BCUT2D eigenvalue weighted by molar-refractivity contribution is 5.98. The van der Waals surface area contributed by atoms with E-state index in [-0.39, 0.29) is 12.1 Å². The van der Waals surface area contributed by atoms with Crippen LogP contribution >= 0.6 is 0 Å². The fourth-order valence-corrected chi connectivity index (χ4v) is 2.67. The number of amides is 1. The molecular formula is C19H14F3N3O3. The van der Waals surface area contributed by atoms with Crippen molar-refractivity contribution >= 4 is 22.9 Å². The van der Waals surface area contributed by atoms with Crippen molar-refractivity contribution in [3.8, 4) is 0 Å². The first-order valence-electron chi connectivity index (χ1n) is 8.16. The molecule has 2 N–H and O–H groups in total. The number of fused-ring (bicyclic) bond motifs is 1. The molecular weight excluding hydrogens is 375 g/mol. The summed E-state index contributed by atoms with van der Waals surface area (Å²) in [6, 6.07) is 9.65. The van der Waals surface area contributed by atoms with Gasteiger partial charge in [0.2, 0.25) is 0 Å². The summed E-state index contributed by atoms with van der Waals surface area (Å²) in [5.41, 5.74) is -0.345. The molecule has 28 heavy (non-hydrogen) atoms. The van der Waals surface area contributed by atoms with Crippen LogP contribution in [0.4, 0.5) is 13.2 Å². The van der Waals surface area contributed by atoms with E-state index in [1.54, 1.807) is 24.3 Å². The number of nitrogens with one attached hydrogen (secondary N) is 1. The Morgan fingerprint density at radius 3 is 2.36 bits per heavy atom. The second-order valence-electron chi connectivity index (χ2n) is 5.96. The number of carboxylic acids is 1. The highest BCUT2D eigenvalue weighted by Crippen LogP contribution is 2.31. The van der Waals surface area contributed by atoms with Gasteiger partial charge in [-0.25, -0.2) is 9.78 Å². The number of benzene rings is 2. The van der Waals surface area contributed by atoms with Gasteiger partial charge < -0.3 is 10.4 Å². The topological polar surface area (TPSA) is 92.2 Å². The van der Waals surface area contributed by atoms with Crippen LogP contribution in [-0.4, -0.2) is 33.0 Å². The zero-order chi connectivity index (χ0) is 20.3. The number of aliphatic carboxylic acids is 1. The van der Waals surface area contributed by atoms with E-state index in [9.17, 15) is 27.9 Å². The van der Waals surface area contributed by atoms with Crippen LogP contribution in [0.15, 0.2) is 54.7 Å². The first-order valence-corrected chi connectivity index (χ1v) is 8.16. The standard InChI is InChI=1S/C19H14F3N3O3/c20-19(21,22)13-6-2-1-5-12(13)17(26)25-16(18(27)28)9-11-10-23-14-7-3-4-8-15(14)24-11/h1-8,10,16H,9H2,(H,25,26)(H,27,28)/t16-/m1/s1. The second kappa shape index (κ2) is 7.63. The molecule has 1 heterocycles. The minimum atomic E-state index is -4.74. The molecule has 0 aliphatic rings. The summed E-state index contributed by atoms with van der Waals surface area (Å²) in [7, 11) is 0. The molecule has 0 saturated carbocycles. The molecule has 0 radical (unpaired) electrons. The Morgan fingerprint density at radius 2 is 1.68 bits per heavy atom. The first kappa shape index (κ1) is 19.3. The Morgan fingerprint density at radius 1 is 1.04 bits per heavy atom. The zero-order valence-corrected chi connectivity index (χ0v) is 14.3. The van der Waals surface area contributed by atoms with Gasteiger partial charge in [-0.1, -0.05) is 24.3 Å². The third kappa shape index (κ3) is 4.25. The van der Waals surface area contributed by atoms with Crippen molar-refractivity contribution < 1.29 is 27.9 Å². The molecule has 0 unspecified atom stereocenters. The summed E-state index contributed by atoms with van der Waals surface area (Å²) >= 11 is 0. The maximum absolute atomic E-state index is 13.1. The van der Waals surface area contributed by atoms with E-state index in [0.29, 0.717) is 11.0 Å². The molecule has 0 bridgehead atoms. The number of alkyl halides is 3. The van der Waals surface area contributed by atoms with Gasteiger partial charge in [0.05, 0.1) is 27.9 Å². The van der Waals surface area contributed by atoms with E-state index in [0.717, 1.165) is 18.2 Å². The quantitative estimate of drug-likeness (QED) is 0.700. The van der Waals surface area contributed by atoms with Crippen molar-refractivity contribution in [2.75, 3.05) is 0 Å². The molecule has 3 aromatic rings. The fraction of sp³-hybridized carbons (Fsp3) is 0.158. The number of carbonyl (C=O) groups is 2. The van der Waals surface area contributed by atoms with Crippen LogP contribution in [0.1, 0.15) is 21.6 Å². The minimum Gasteiger partial charge on any atom is -0.480 e. The van der Waals surface area contributed by atoms with Gasteiger partial charge in [0, 0.05) is 12.6 Å². The highest BCUT2D eigenvalue weighted by atomic mass is 19.4. The number of carbonyl (C=O) groups excluding carboxylic acids is 1. The molecule has 6 nitrogen and oxygen atoms in total. The van der Waals surface area contributed by atoms with Crippen LogP contribution in [0.5, 0.6) is 0 Å². The van der Waals surface area contributed by atoms with Gasteiger partial charge in [-0.2, -0.15) is 13.2 Å². The molecule has 1 atom stereocenters. The van der Waals surface area contributed by atoms with Crippen LogP contribution in [0.2, 0.25) is 0 Å². The van der Waals surface area contributed by atoms with Gasteiger partial charge >= 0.3 is 12.1 Å². The van der Waals surface area contributed by atoms with Gasteiger partial charge in [-0.3, -0.25) is 9.78 Å². The molecule has 1 aromatic heterocycles. The average Bonchev–Trinajstić information content (AvgIpc) is 2.66. The lowest BCUT2D eigenvalue weighted by Gasteiger charge is -2.17. The van der Waals surface area contributed by atoms with Crippen molar-refractivity contribution in [1.29, 1.82) is 0 Å². The predicted octanol–water partition coefficient (Wildman–Crippen LogP) is 3.07. The van der Waals surface area contributed by atoms with E-state index in [1.807, 2.05) is 0 Å². The normalized spacial score (nSPS) is 12.5. The molecule has 3 rings (SSSR count).